The van der Waals surface area contributed by atoms with Crippen LogP contribution >= 0.6 is 38.5 Å². The van der Waals surface area contributed by atoms with Crippen LogP contribution in [0.5, 0.6) is 0 Å². The van der Waals surface area contributed by atoms with Crippen molar-refractivity contribution in [2.24, 2.45) is 5.41 Å². The predicted molar refractivity (Wildman–Crippen MR) is 84.7 cm³/mol. The molecule has 0 aromatic heterocycles. The first kappa shape index (κ1) is 13.2. The van der Waals surface area contributed by atoms with E-state index in [-0.39, 0.29) is 18.0 Å². The molecule has 96 valence electrons. The summed E-state index contributed by atoms with van der Waals surface area (Å²) in [6.45, 7) is 0. The number of benzene rings is 1. The Bertz CT molecular complexity index is 631. The summed E-state index contributed by atoms with van der Waals surface area (Å²) in [7, 11) is 0. The quantitative estimate of drug-likeness (QED) is 0.388. The maximum Gasteiger partial charge on any atom is 0.329 e. The van der Waals surface area contributed by atoms with Gasteiger partial charge in [0.2, 0.25) is 0 Å². The van der Waals surface area contributed by atoms with E-state index in [0.29, 0.717) is 0 Å². The molecule has 0 unspecified atom stereocenters. The van der Waals surface area contributed by atoms with Crippen LogP contribution in [0.2, 0.25) is 0 Å². The molecule has 2 nitrogen and oxygen atoms in total. The molecule has 1 saturated heterocycles. The third-order valence-corrected chi connectivity index (χ3v) is 5.50. The third-order valence-electron chi connectivity index (χ3n) is 3.78. The number of hydrogen-bond donors (Lipinski definition) is 0. The van der Waals surface area contributed by atoms with E-state index < -0.39 is 5.41 Å². The molecular formula is C15H10BrIO2. The third kappa shape index (κ3) is 1.86. The second kappa shape index (κ2) is 4.64. The maximum atomic E-state index is 12.2. The second-order valence-corrected chi connectivity index (χ2v) is 6.82. The van der Waals surface area contributed by atoms with E-state index in [1.54, 1.807) is 0 Å². The zero-order valence-corrected chi connectivity index (χ0v) is 13.6. The summed E-state index contributed by atoms with van der Waals surface area (Å²) in [5.74, 6) is 2.35. The molecule has 2 bridgehead atoms. The van der Waals surface area contributed by atoms with Crippen LogP contribution in [-0.2, 0) is 9.53 Å². The van der Waals surface area contributed by atoms with Crippen molar-refractivity contribution in [1.82, 2.24) is 0 Å². The molecule has 2 heterocycles. The Morgan fingerprint density at radius 3 is 2.89 bits per heavy atom. The van der Waals surface area contributed by atoms with Gasteiger partial charge in [0.05, 0.1) is 0 Å². The predicted octanol–water partition coefficient (Wildman–Crippen LogP) is 3.60. The maximum absolute atomic E-state index is 12.2. The number of fused-ring (bicyclic) bond motifs is 2. The fraction of sp³-hybridized carbons (Fsp3) is 0.267. The van der Waals surface area contributed by atoms with Gasteiger partial charge in [-0.1, -0.05) is 40.0 Å². The van der Waals surface area contributed by atoms with Crippen molar-refractivity contribution in [3.05, 3.63) is 44.0 Å². The van der Waals surface area contributed by atoms with E-state index in [1.165, 1.54) is 0 Å². The van der Waals surface area contributed by atoms with Crippen molar-refractivity contribution in [1.29, 1.82) is 0 Å². The SMILES string of the molecule is C#C[C@]12C=C(Br)[C@H](C[C@@H]1c1ccccc1I)OC2=O. The van der Waals surface area contributed by atoms with Crippen molar-refractivity contribution in [2.45, 2.75) is 18.4 Å². The van der Waals surface area contributed by atoms with Crippen LogP contribution in [-0.4, -0.2) is 12.1 Å². The topological polar surface area (TPSA) is 26.3 Å². The van der Waals surface area contributed by atoms with Crippen molar-refractivity contribution in [2.75, 3.05) is 0 Å². The Morgan fingerprint density at radius 2 is 2.21 bits per heavy atom. The second-order valence-electron chi connectivity index (χ2n) is 4.75. The first-order chi connectivity index (χ1) is 9.08. The van der Waals surface area contributed by atoms with Gasteiger partial charge in [-0.05, 0) is 46.7 Å². The number of ether oxygens (including phenoxy) is 1. The number of carbonyl (C=O) groups excluding carboxylic acids is 1. The van der Waals surface area contributed by atoms with Crippen LogP contribution in [0.4, 0.5) is 0 Å². The van der Waals surface area contributed by atoms with E-state index in [2.05, 4.69) is 44.4 Å². The molecule has 0 spiro atoms. The molecular weight excluding hydrogens is 419 g/mol. The van der Waals surface area contributed by atoms with Crippen LogP contribution < -0.4 is 0 Å². The van der Waals surface area contributed by atoms with Crippen molar-refractivity contribution in [3.63, 3.8) is 0 Å². The van der Waals surface area contributed by atoms with Crippen LogP contribution in [0, 0.1) is 21.3 Å². The molecule has 0 radical (unpaired) electrons. The summed E-state index contributed by atoms with van der Waals surface area (Å²) in [6.07, 6.45) is 8.06. The minimum absolute atomic E-state index is 0.0156. The summed E-state index contributed by atoms with van der Waals surface area (Å²) >= 11 is 5.74. The van der Waals surface area contributed by atoms with Crippen LogP contribution in [0.1, 0.15) is 17.9 Å². The largest absolute Gasteiger partial charge is 0.456 e. The lowest BCUT2D eigenvalue weighted by Gasteiger charge is -2.45. The fourth-order valence-electron chi connectivity index (χ4n) is 2.79. The summed E-state index contributed by atoms with van der Waals surface area (Å²) in [6, 6.07) is 8.04. The number of hydrogen-bond acceptors (Lipinski definition) is 2. The first-order valence-corrected chi connectivity index (χ1v) is 7.77. The van der Waals surface area contributed by atoms with Gasteiger partial charge in [0.15, 0.2) is 5.41 Å². The summed E-state index contributed by atoms with van der Waals surface area (Å²) in [4.78, 5) is 12.2. The minimum Gasteiger partial charge on any atom is -0.456 e. The zero-order valence-electron chi connectivity index (χ0n) is 9.90. The van der Waals surface area contributed by atoms with E-state index >= 15 is 0 Å². The molecule has 1 aromatic rings. The highest BCUT2D eigenvalue weighted by atomic mass is 127. The van der Waals surface area contributed by atoms with Gasteiger partial charge in [-0.3, -0.25) is 4.79 Å². The number of esters is 1. The average molecular weight is 429 g/mol. The lowest BCUT2D eigenvalue weighted by molar-refractivity contribution is -0.163. The highest BCUT2D eigenvalue weighted by Gasteiger charge is 2.55. The Labute approximate surface area is 133 Å². The lowest BCUT2D eigenvalue weighted by Crippen LogP contribution is -2.49. The monoisotopic (exact) mass is 428 g/mol. The standard InChI is InChI=1S/C15H10BrIO2/c1-2-15-8-11(16)13(19-14(15)18)7-10(15)9-5-3-4-6-12(9)17/h1,3-6,8,10,13H,7H2/t10-,13+,15+/m1/s1. The van der Waals surface area contributed by atoms with E-state index in [4.69, 9.17) is 11.2 Å². The average Bonchev–Trinajstić information content (AvgIpc) is 2.41. The van der Waals surface area contributed by atoms with Gasteiger partial charge < -0.3 is 4.74 Å². The van der Waals surface area contributed by atoms with Gasteiger partial charge in [-0.2, -0.15) is 0 Å². The highest BCUT2D eigenvalue weighted by molar-refractivity contribution is 14.1. The Balaban J connectivity index is 2.17. The number of carbonyl (C=O) groups is 1. The number of halogens is 2. The van der Waals surface area contributed by atoms with Gasteiger partial charge in [0.1, 0.15) is 6.10 Å². The molecule has 4 rings (SSSR count). The van der Waals surface area contributed by atoms with Crippen molar-refractivity contribution < 1.29 is 9.53 Å². The number of terminal acetylenes is 1. The lowest BCUT2D eigenvalue weighted by atomic mass is 9.65. The summed E-state index contributed by atoms with van der Waals surface area (Å²) in [5.41, 5.74) is 0.147. The molecule has 0 N–H and O–H groups in total. The van der Waals surface area contributed by atoms with Gasteiger partial charge in [0, 0.05) is 14.0 Å². The van der Waals surface area contributed by atoms with Gasteiger partial charge in [-0.15, -0.1) is 6.42 Å². The minimum atomic E-state index is -0.977. The molecule has 3 atom stereocenters. The van der Waals surface area contributed by atoms with Crippen LogP contribution in [0.15, 0.2) is 34.8 Å². The smallest absolute Gasteiger partial charge is 0.329 e. The number of rotatable bonds is 1. The highest BCUT2D eigenvalue weighted by Crippen LogP contribution is 2.53. The van der Waals surface area contributed by atoms with E-state index in [1.807, 2.05) is 30.3 Å². The van der Waals surface area contributed by atoms with Gasteiger partial charge in [0.25, 0.3) is 0 Å². The molecule has 1 fully saturated rings. The van der Waals surface area contributed by atoms with Gasteiger partial charge >= 0.3 is 5.97 Å². The van der Waals surface area contributed by atoms with E-state index in [0.717, 1.165) is 20.0 Å². The molecule has 1 aliphatic carbocycles. The Morgan fingerprint density at radius 1 is 1.47 bits per heavy atom. The Kier molecular flexibility index (Phi) is 3.22. The Hall–Kier alpha value is -0.800. The van der Waals surface area contributed by atoms with Crippen molar-refractivity contribution >= 4 is 44.5 Å². The van der Waals surface area contributed by atoms with Crippen LogP contribution in [0.25, 0.3) is 0 Å². The molecule has 3 aliphatic rings. The normalized spacial score (nSPS) is 32.5. The molecule has 1 aromatic carbocycles. The molecule has 0 saturated carbocycles. The van der Waals surface area contributed by atoms with E-state index in [9.17, 15) is 4.79 Å². The summed E-state index contributed by atoms with van der Waals surface area (Å²) < 4.78 is 7.40. The summed E-state index contributed by atoms with van der Waals surface area (Å²) in [5, 5.41) is 0. The van der Waals surface area contributed by atoms with Crippen LogP contribution in [0.3, 0.4) is 0 Å². The van der Waals surface area contributed by atoms with Crippen molar-refractivity contribution in [3.8, 4) is 12.3 Å². The van der Waals surface area contributed by atoms with Gasteiger partial charge in [-0.25, -0.2) is 0 Å². The molecule has 2 aliphatic heterocycles. The fourth-order valence-corrected chi connectivity index (χ4v) is 4.19. The molecule has 19 heavy (non-hydrogen) atoms. The molecule has 4 heteroatoms. The first-order valence-electron chi connectivity index (χ1n) is 5.90. The zero-order chi connectivity index (χ0) is 13.6. The molecule has 0 amide bonds.